The Labute approximate surface area is 158 Å². The number of amides is 1. The highest BCUT2D eigenvalue weighted by atomic mass is 16.6. The summed E-state index contributed by atoms with van der Waals surface area (Å²) in [7, 11) is 0. The lowest BCUT2D eigenvalue weighted by Gasteiger charge is -2.28. The maximum Gasteiger partial charge on any atom is 0.265 e. The number of rotatable bonds is 5. The van der Waals surface area contributed by atoms with E-state index in [1.165, 1.54) is 0 Å². The number of carbonyl (C=O) groups excluding carboxylic acids is 1. The van der Waals surface area contributed by atoms with Crippen molar-refractivity contribution in [2.45, 2.75) is 18.6 Å². The van der Waals surface area contributed by atoms with Crippen LogP contribution in [-0.4, -0.2) is 18.6 Å². The molecular weight excluding hydrogens is 338 g/mol. The van der Waals surface area contributed by atoms with Gasteiger partial charge >= 0.3 is 0 Å². The fraction of sp³-hybridized carbons (Fsp3) is 0.174. The first-order chi connectivity index (χ1) is 13.3. The molecule has 1 aliphatic heterocycles. The number of hydrogen-bond acceptors (Lipinski definition) is 3. The Balaban J connectivity index is 1.50. The molecule has 4 rings (SSSR count). The lowest BCUT2D eigenvalue weighted by molar-refractivity contribution is -0.131. The summed E-state index contributed by atoms with van der Waals surface area (Å²) in [4.78, 5) is 12.9. The molecule has 3 aromatic carbocycles. The van der Waals surface area contributed by atoms with Crippen LogP contribution in [0, 0.1) is 0 Å². The lowest BCUT2D eigenvalue weighted by Crippen LogP contribution is -2.45. The van der Waals surface area contributed by atoms with Gasteiger partial charge in [-0.3, -0.25) is 4.79 Å². The molecule has 4 nitrogen and oxygen atoms in total. The van der Waals surface area contributed by atoms with Crippen molar-refractivity contribution >= 4 is 5.91 Å². The molecule has 2 atom stereocenters. The molecule has 0 spiro atoms. The predicted octanol–water partition coefficient (Wildman–Crippen LogP) is 3.93. The molecule has 27 heavy (non-hydrogen) atoms. The molecule has 1 N–H and O–H groups in total. The van der Waals surface area contributed by atoms with Gasteiger partial charge in [0.15, 0.2) is 11.5 Å². The molecule has 1 heterocycles. The van der Waals surface area contributed by atoms with Crippen molar-refractivity contribution in [2.24, 2.45) is 0 Å². The average Bonchev–Trinajstić information content (AvgIpc) is 2.74. The van der Waals surface area contributed by atoms with Crippen LogP contribution in [0.3, 0.4) is 0 Å². The lowest BCUT2D eigenvalue weighted by atomic mass is 9.98. The van der Waals surface area contributed by atoms with Crippen molar-refractivity contribution in [2.75, 3.05) is 6.61 Å². The zero-order chi connectivity index (χ0) is 18.5. The van der Waals surface area contributed by atoms with Crippen molar-refractivity contribution < 1.29 is 14.3 Å². The number of fused-ring (bicyclic) bond motifs is 1. The van der Waals surface area contributed by atoms with Gasteiger partial charge in [0.05, 0.1) is 6.04 Å². The van der Waals surface area contributed by atoms with Gasteiger partial charge in [-0.2, -0.15) is 0 Å². The summed E-state index contributed by atoms with van der Waals surface area (Å²) in [5.74, 6) is 1.10. The third kappa shape index (κ3) is 4.11. The maximum atomic E-state index is 12.9. The van der Waals surface area contributed by atoms with Gasteiger partial charge in [0.1, 0.15) is 6.61 Å². The Morgan fingerprint density at radius 2 is 1.52 bits per heavy atom. The van der Waals surface area contributed by atoms with Crippen LogP contribution in [0.15, 0.2) is 84.9 Å². The summed E-state index contributed by atoms with van der Waals surface area (Å²) in [5, 5.41) is 3.14. The predicted molar refractivity (Wildman–Crippen MR) is 104 cm³/mol. The minimum Gasteiger partial charge on any atom is -0.485 e. The monoisotopic (exact) mass is 359 g/mol. The van der Waals surface area contributed by atoms with Gasteiger partial charge < -0.3 is 14.8 Å². The van der Waals surface area contributed by atoms with Gasteiger partial charge in [-0.25, -0.2) is 0 Å². The quantitative estimate of drug-likeness (QED) is 0.751. The first-order valence-corrected chi connectivity index (χ1v) is 9.07. The molecule has 1 aliphatic rings. The molecule has 0 fully saturated rings. The molecule has 0 saturated heterocycles. The second-order valence-electron chi connectivity index (χ2n) is 6.53. The zero-order valence-corrected chi connectivity index (χ0v) is 14.9. The number of para-hydroxylation sites is 2. The Bertz CT molecular complexity index is 896. The van der Waals surface area contributed by atoms with Crippen LogP contribution in [-0.2, 0) is 11.2 Å². The first kappa shape index (κ1) is 17.2. The molecule has 136 valence electrons. The minimum atomic E-state index is -0.665. The van der Waals surface area contributed by atoms with Crippen LogP contribution in [0.25, 0.3) is 0 Å². The zero-order valence-electron chi connectivity index (χ0n) is 14.9. The van der Waals surface area contributed by atoms with Gasteiger partial charge in [-0.05, 0) is 29.7 Å². The number of nitrogens with one attached hydrogen (secondary N) is 1. The van der Waals surface area contributed by atoms with E-state index in [1.807, 2.05) is 72.8 Å². The van der Waals surface area contributed by atoms with E-state index >= 15 is 0 Å². The summed E-state index contributed by atoms with van der Waals surface area (Å²) < 4.78 is 11.5. The van der Waals surface area contributed by atoms with Gasteiger partial charge in [0, 0.05) is 0 Å². The molecule has 3 aromatic rings. The summed E-state index contributed by atoms with van der Waals surface area (Å²) >= 11 is 0. The Kier molecular flexibility index (Phi) is 5.06. The second kappa shape index (κ2) is 7.96. The number of ether oxygens (including phenoxy) is 2. The highest BCUT2D eigenvalue weighted by Crippen LogP contribution is 2.31. The van der Waals surface area contributed by atoms with E-state index in [1.54, 1.807) is 0 Å². The smallest absolute Gasteiger partial charge is 0.265 e. The first-order valence-electron chi connectivity index (χ1n) is 9.07. The van der Waals surface area contributed by atoms with Crippen LogP contribution < -0.4 is 14.8 Å². The van der Waals surface area contributed by atoms with Crippen LogP contribution in [0.4, 0.5) is 0 Å². The SMILES string of the molecule is O=C(NC(Cc1ccccc1)c1ccccc1)C1COc2ccccc2O1. The summed E-state index contributed by atoms with van der Waals surface area (Å²) in [6.07, 6.45) is 0.0442. The molecular formula is C23H21NO3. The van der Waals surface area contributed by atoms with Crippen molar-refractivity contribution in [3.8, 4) is 11.5 Å². The van der Waals surface area contributed by atoms with E-state index in [-0.39, 0.29) is 18.6 Å². The van der Waals surface area contributed by atoms with Gasteiger partial charge in [0.2, 0.25) is 6.10 Å². The summed E-state index contributed by atoms with van der Waals surface area (Å²) in [5.41, 5.74) is 2.23. The van der Waals surface area contributed by atoms with Crippen LogP contribution in [0.2, 0.25) is 0 Å². The largest absolute Gasteiger partial charge is 0.485 e. The Morgan fingerprint density at radius 1 is 0.889 bits per heavy atom. The molecule has 0 bridgehead atoms. The Morgan fingerprint density at radius 3 is 2.26 bits per heavy atom. The van der Waals surface area contributed by atoms with E-state index in [2.05, 4.69) is 17.4 Å². The molecule has 2 unspecified atom stereocenters. The highest BCUT2D eigenvalue weighted by molar-refractivity contribution is 5.82. The number of carbonyl (C=O) groups is 1. The van der Waals surface area contributed by atoms with Gasteiger partial charge in [-0.15, -0.1) is 0 Å². The third-order valence-corrected chi connectivity index (χ3v) is 4.60. The normalized spacial score (nSPS) is 16.4. The van der Waals surface area contributed by atoms with Gasteiger partial charge in [0.25, 0.3) is 5.91 Å². The van der Waals surface area contributed by atoms with E-state index in [0.717, 1.165) is 11.1 Å². The van der Waals surface area contributed by atoms with E-state index in [4.69, 9.17) is 9.47 Å². The topological polar surface area (TPSA) is 47.6 Å². The maximum absolute atomic E-state index is 12.9. The molecule has 0 aromatic heterocycles. The number of hydrogen-bond donors (Lipinski definition) is 1. The average molecular weight is 359 g/mol. The van der Waals surface area contributed by atoms with Crippen molar-refractivity contribution in [1.82, 2.24) is 5.32 Å². The molecule has 4 heteroatoms. The van der Waals surface area contributed by atoms with E-state index < -0.39 is 6.10 Å². The van der Waals surface area contributed by atoms with Crippen LogP contribution in [0.5, 0.6) is 11.5 Å². The summed E-state index contributed by atoms with van der Waals surface area (Å²) in [6, 6.07) is 27.4. The van der Waals surface area contributed by atoms with Crippen LogP contribution >= 0.6 is 0 Å². The molecule has 1 amide bonds. The second-order valence-corrected chi connectivity index (χ2v) is 6.53. The standard InChI is InChI=1S/C23H21NO3/c25-23(22-16-26-20-13-7-8-14-21(20)27-22)24-19(18-11-5-2-6-12-18)15-17-9-3-1-4-10-17/h1-14,19,22H,15-16H2,(H,24,25). The van der Waals surface area contributed by atoms with Crippen molar-refractivity contribution in [3.63, 3.8) is 0 Å². The Hall–Kier alpha value is -3.27. The molecule has 0 saturated carbocycles. The molecule has 0 aliphatic carbocycles. The third-order valence-electron chi connectivity index (χ3n) is 4.60. The molecule has 0 radical (unpaired) electrons. The number of benzene rings is 3. The van der Waals surface area contributed by atoms with Crippen molar-refractivity contribution in [3.05, 3.63) is 96.1 Å². The highest BCUT2D eigenvalue weighted by Gasteiger charge is 2.29. The fourth-order valence-corrected chi connectivity index (χ4v) is 3.20. The summed E-state index contributed by atoms with van der Waals surface area (Å²) in [6.45, 7) is 0.204. The van der Waals surface area contributed by atoms with E-state index in [9.17, 15) is 4.79 Å². The van der Waals surface area contributed by atoms with E-state index in [0.29, 0.717) is 17.9 Å². The van der Waals surface area contributed by atoms with Crippen LogP contribution in [0.1, 0.15) is 17.2 Å². The van der Waals surface area contributed by atoms with Crippen molar-refractivity contribution in [1.29, 1.82) is 0 Å². The van der Waals surface area contributed by atoms with Gasteiger partial charge in [-0.1, -0.05) is 72.8 Å². The minimum absolute atomic E-state index is 0.137. The fourth-order valence-electron chi connectivity index (χ4n) is 3.20.